The lowest BCUT2D eigenvalue weighted by molar-refractivity contribution is 0.0682. The van der Waals surface area contributed by atoms with Crippen molar-refractivity contribution in [2.75, 3.05) is 24.8 Å². The van der Waals surface area contributed by atoms with E-state index < -0.39 is 23.1 Å². The second kappa shape index (κ2) is 8.49. The molecule has 1 atom stereocenters. The van der Waals surface area contributed by atoms with Gasteiger partial charge in [0.2, 0.25) is 5.43 Å². The van der Waals surface area contributed by atoms with Gasteiger partial charge in [0.15, 0.2) is 11.4 Å². The lowest BCUT2D eigenvalue weighted by Gasteiger charge is -2.44. The Morgan fingerprint density at radius 1 is 1.09 bits per heavy atom. The number of thioether (sulfide) groups is 1. The fraction of sp³-hybridized carbons (Fsp3) is 0.231. The zero-order valence-corrected chi connectivity index (χ0v) is 19.5. The number of hydrogen-bond donors (Lipinski definition) is 1. The molecule has 3 aliphatic rings. The van der Waals surface area contributed by atoms with Crippen LogP contribution in [0.5, 0.6) is 11.5 Å². The summed E-state index contributed by atoms with van der Waals surface area (Å²) in [5, 5.41) is 12.6. The number of nitrogens with zero attached hydrogens (tertiary/aromatic N) is 3. The summed E-state index contributed by atoms with van der Waals surface area (Å²) in [5.74, 6) is -0.113. The van der Waals surface area contributed by atoms with E-state index in [9.17, 15) is 14.7 Å². The first-order valence-corrected chi connectivity index (χ1v) is 12.3. The van der Waals surface area contributed by atoms with Crippen LogP contribution in [0.25, 0.3) is 0 Å². The summed E-state index contributed by atoms with van der Waals surface area (Å²) in [6, 6.07) is 11.5. The van der Waals surface area contributed by atoms with Crippen LogP contribution in [-0.4, -0.2) is 40.4 Å². The van der Waals surface area contributed by atoms with Gasteiger partial charge in [0.1, 0.15) is 30.9 Å². The Hall–Kier alpha value is -3.72. The predicted octanol–water partition coefficient (Wildman–Crippen LogP) is 3.78. The molecule has 0 spiro atoms. The van der Waals surface area contributed by atoms with Crippen LogP contribution in [0.3, 0.4) is 0 Å². The number of amides is 1. The molecule has 0 saturated heterocycles. The maximum Gasteiger partial charge on any atom is 0.277 e. The van der Waals surface area contributed by atoms with E-state index in [1.807, 2.05) is 41.4 Å². The minimum atomic E-state index is -0.625. The van der Waals surface area contributed by atoms with Crippen LogP contribution in [0.15, 0.2) is 70.5 Å². The van der Waals surface area contributed by atoms with Gasteiger partial charge in [-0.1, -0.05) is 36.4 Å². The largest absolute Gasteiger partial charge is 0.502 e. The second-order valence-electron chi connectivity index (χ2n) is 8.62. The molecule has 3 aliphatic heterocycles. The smallest absolute Gasteiger partial charge is 0.277 e. The first kappa shape index (κ1) is 21.8. The number of aromatic hydroxyl groups is 1. The molecule has 35 heavy (non-hydrogen) atoms. The Morgan fingerprint density at radius 2 is 1.94 bits per heavy atom. The summed E-state index contributed by atoms with van der Waals surface area (Å²) < 4.78 is 22.8. The zero-order chi connectivity index (χ0) is 24.1. The molecule has 3 aromatic rings. The highest BCUT2D eigenvalue weighted by molar-refractivity contribution is 7.98. The summed E-state index contributed by atoms with van der Waals surface area (Å²) in [5.41, 5.74) is 1.87. The Labute approximate surface area is 205 Å². The van der Waals surface area contributed by atoms with Crippen molar-refractivity contribution in [1.82, 2.24) is 9.58 Å². The lowest BCUT2D eigenvalue weighted by atomic mass is 9.93. The van der Waals surface area contributed by atoms with E-state index in [0.29, 0.717) is 36.0 Å². The Bertz CT molecular complexity index is 1440. The van der Waals surface area contributed by atoms with Gasteiger partial charge >= 0.3 is 0 Å². The number of pyridine rings is 1. The molecule has 0 aliphatic carbocycles. The van der Waals surface area contributed by atoms with Crippen LogP contribution in [0.1, 0.15) is 39.6 Å². The molecule has 1 amide bonds. The quantitative estimate of drug-likeness (QED) is 0.483. The number of fused-ring (bicyclic) bond motifs is 7. The molecule has 0 saturated carbocycles. The highest BCUT2D eigenvalue weighted by atomic mass is 32.2. The van der Waals surface area contributed by atoms with Gasteiger partial charge in [-0.3, -0.25) is 19.3 Å². The van der Waals surface area contributed by atoms with Gasteiger partial charge in [-0.25, -0.2) is 4.39 Å². The monoisotopic (exact) mass is 491 g/mol. The topological polar surface area (TPSA) is 75.0 Å². The molecule has 2 aromatic carbocycles. The molecule has 9 heteroatoms. The van der Waals surface area contributed by atoms with Crippen molar-refractivity contribution in [3.8, 4) is 11.5 Å². The summed E-state index contributed by atoms with van der Waals surface area (Å²) in [6.45, 7) is 0.936. The van der Waals surface area contributed by atoms with E-state index in [4.69, 9.17) is 4.74 Å². The molecular weight excluding hydrogens is 469 g/mol. The molecule has 1 N–H and O–H groups in total. The van der Waals surface area contributed by atoms with Crippen LogP contribution in [0.2, 0.25) is 0 Å². The first-order valence-electron chi connectivity index (χ1n) is 11.4. The highest BCUT2D eigenvalue weighted by Crippen LogP contribution is 2.47. The SMILES string of the molecule is O=C1c2c(O)c(=O)ccn2N2CN1CC/C=C\COc1cccc3c1[C@H]2c1cccc(F)c1SC3. The maximum absolute atomic E-state index is 15.1. The minimum Gasteiger partial charge on any atom is -0.502 e. The van der Waals surface area contributed by atoms with Crippen molar-refractivity contribution in [3.05, 3.63) is 99.2 Å². The van der Waals surface area contributed by atoms with E-state index >= 15 is 4.39 Å². The molecule has 2 bridgehead atoms. The third kappa shape index (κ3) is 3.49. The van der Waals surface area contributed by atoms with E-state index in [2.05, 4.69) is 0 Å². The second-order valence-corrected chi connectivity index (χ2v) is 9.61. The van der Waals surface area contributed by atoms with E-state index in [-0.39, 0.29) is 18.2 Å². The van der Waals surface area contributed by atoms with Gasteiger partial charge in [0, 0.05) is 35.0 Å². The third-order valence-electron chi connectivity index (χ3n) is 6.60. The molecular formula is C26H22FN3O4S. The van der Waals surface area contributed by atoms with Crippen molar-refractivity contribution < 1.29 is 19.0 Å². The number of hydrogen-bond acceptors (Lipinski definition) is 6. The first-order chi connectivity index (χ1) is 17.0. The lowest BCUT2D eigenvalue weighted by Crippen LogP contribution is -2.55. The predicted molar refractivity (Wildman–Crippen MR) is 130 cm³/mol. The fourth-order valence-corrected chi connectivity index (χ4v) is 6.08. The van der Waals surface area contributed by atoms with Crippen LogP contribution in [0, 0.1) is 5.82 Å². The van der Waals surface area contributed by atoms with Gasteiger partial charge in [-0.15, -0.1) is 11.8 Å². The van der Waals surface area contributed by atoms with Crippen LogP contribution < -0.4 is 15.2 Å². The van der Waals surface area contributed by atoms with Crippen molar-refractivity contribution in [2.45, 2.75) is 23.1 Å². The standard InChI is InChI=1S/C26H22FN3O4S/c27-18-8-5-7-17-22-21-16(14-35-25(17)18)6-4-9-20(21)34-13-3-1-2-11-28-15-30(22)29-12-10-19(31)24(32)23(29)26(28)33/h1,3-10,12,22,32H,2,11,13-15H2/b3-1-/t22-/m1/s1. The highest BCUT2D eigenvalue weighted by Gasteiger charge is 2.40. The molecule has 0 unspecified atom stereocenters. The molecule has 0 fully saturated rings. The Kier molecular flexibility index (Phi) is 5.29. The van der Waals surface area contributed by atoms with E-state index in [0.717, 1.165) is 16.7 Å². The summed E-state index contributed by atoms with van der Waals surface area (Å²) in [6.07, 6.45) is 5.94. The minimum absolute atomic E-state index is 0.0976. The number of benzene rings is 2. The van der Waals surface area contributed by atoms with Gasteiger partial charge in [-0.05, 0) is 29.7 Å². The van der Waals surface area contributed by atoms with Gasteiger partial charge in [0.25, 0.3) is 5.91 Å². The number of carbonyl (C=O) groups excluding carboxylic acids is 1. The van der Waals surface area contributed by atoms with Gasteiger partial charge in [-0.2, -0.15) is 0 Å². The van der Waals surface area contributed by atoms with Crippen molar-refractivity contribution in [3.63, 3.8) is 0 Å². The molecule has 1 aromatic heterocycles. The summed E-state index contributed by atoms with van der Waals surface area (Å²) >= 11 is 1.43. The fourth-order valence-electron chi connectivity index (χ4n) is 4.98. The van der Waals surface area contributed by atoms with E-state index in [1.165, 1.54) is 34.8 Å². The number of halogens is 1. The molecule has 4 heterocycles. The summed E-state index contributed by atoms with van der Waals surface area (Å²) in [7, 11) is 0. The van der Waals surface area contributed by atoms with Crippen LogP contribution in [-0.2, 0) is 5.75 Å². The Morgan fingerprint density at radius 3 is 2.83 bits per heavy atom. The van der Waals surface area contributed by atoms with E-state index in [1.54, 1.807) is 11.0 Å². The number of aromatic nitrogens is 1. The number of carbonyl (C=O) groups is 1. The molecule has 178 valence electrons. The maximum atomic E-state index is 15.1. The average Bonchev–Trinajstić information content (AvgIpc) is 3.02. The number of rotatable bonds is 0. The molecule has 6 rings (SSSR count). The number of ether oxygens (including phenoxy) is 1. The van der Waals surface area contributed by atoms with Crippen molar-refractivity contribution in [2.24, 2.45) is 0 Å². The average molecular weight is 492 g/mol. The van der Waals surface area contributed by atoms with Crippen molar-refractivity contribution >= 4 is 17.7 Å². The molecule has 7 nitrogen and oxygen atoms in total. The normalized spacial score (nSPS) is 19.8. The van der Waals surface area contributed by atoms with Gasteiger partial charge in [0.05, 0.1) is 0 Å². The van der Waals surface area contributed by atoms with Crippen LogP contribution in [0.4, 0.5) is 4.39 Å². The zero-order valence-electron chi connectivity index (χ0n) is 18.7. The molecule has 0 radical (unpaired) electrons. The third-order valence-corrected chi connectivity index (χ3v) is 7.77. The summed E-state index contributed by atoms with van der Waals surface area (Å²) in [4.78, 5) is 27.8. The van der Waals surface area contributed by atoms with Gasteiger partial charge < -0.3 is 14.7 Å². The Balaban J connectivity index is 1.68. The van der Waals surface area contributed by atoms with Crippen molar-refractivity contribution in [1.29, 1.82) is 0 Å². The van der Waals surface area contributed by atoms with Crippen LogP contribution >= 0.6 is 11.8 Å².